The molecule has 1 aromatic carbocycles. The van der Waals surface area contributed by atoms with Crippen LogP contribution in [0.15, 0.2) is 35.7 Å². The van der Waals surface area contributed by atoms with Crippen molar-refractivity contribution >= 4 is 22.9 Å². The van der Waals surface area contributed by atoms with Crippen LogP contribution in [0.3, 0.4) is 0 Å². The third-order valence-electron chi connectivity index (χ3n) is 2.70. The number of rotatable bonds is 5. The molecule has 0 saturated carbocycles. The van der Waals surface area contributed by atoms with Crippen LogP contribution in [0.25, 0.3) is 0 Å². The van der Waals surface area contributed by atoms with E-state index in [0.29, 0.717) is 10.6 Å². The maximum atomic E-state index is 14.0. The van der Waals surface area contributed by atoms with Crippen molar-refractivity contribution in [3.8, 4) is 0 Å². The molecule has 0 amide bonds. The Morgan fingerprint density at radius 3 is 2.83 bits per heavy atom. The van der Waals surface area contributed by atoms with Gasteiger partial charge in [-0.15, -0.1) is 11.3 Å². The van der Waals surface area contributed by atoms with E-state index in [4.69, 9.17) is 11.6 Å². The first-order valence-electron chi connectivity index (χ1n) is 5.94. The largest absolute Gasteiger partial charge is 0.306 e. The zero-order chi connectivity index (χ0) is 13.0. The Hall–Kier alpha value is -0.900. The summed E-state index contributed by atoms with van der Waals surface area (Å²) in [6.45, 7) is 2.95. The van der Waals surface area contributed by atoms with Crippen LogP contribution in [0, 0.1) is 5.82 Å². The SMILES string of the molecule is CCCNC(c1cccs1)c1ccc(Cl)cc1F. The molecule has 0 bridgehead atoms. The summed E-state index contributed by atoms with van der Waals surface area (Å²) >= 11 is 7.42. The van der Waals surface area contributed by atoms with Crippen molar-refractivity contribution in [1.29, 1.82) is 0 Å². The van der Waals surface area contributed by atoms with Gasteiger partial charge in [-0.05, 0) is 36.5 Å². The first kappa shape index (κ1) is 13.5. The van der Waals surface area contributed by atoms with Gasteiger partial charge >= 0.3 is 0 Å². The summed E-state index contributed by atoms with van der Waals surface area (Å²) in [5.74, 6) is -0.260. The standard InChI is InChI=1S/C14H15ClFNS/c1-2-7-17-14(13-4-3-8-18-13)11-6-5-10(15)9-12(11)16/h3-6,8-9,14,17H,2,7H2,1H3. The molecular weight excluding hydrogens is 269 g/mol. The fraction of sp³-hybridized carbons (Fsp3) is 0.286. The monoisotopic (exact) mass is 283 g/mol. The number of thiophene rings is 1. The van der Waals surface area contributed by atoms with E-state index in [2.05, 4.69) is 12.2 Å². The van der Waals surface area contributed by atoms with Crippen LogP contribution in [-0.2, 0) is 0 Å². The van der Waals surface area contributed by atoms with Gasteiger partial charge in [0.15, 0.2) is 0 Å². The van der Waals surface area contributed by atoms with Crippen molar-refractivity contribution in [3.63, 3.8) is 0 Å². The molecule has 18 heavy (non-hydrogen) atoms. The summed E-state index contributed by atoms with van der Waals surface area (Å²) < 4.78 is 14.0. The summed E-state index contributed by atoms with van der Waals surface area (Å²) in [5, 5.41) is 5.81. The molecule has 1 heterocycles. The minimum absolute atomic E-state index is 0.0952. The van der Waals surface area contributed by atoms with Crippen molar-refractivity contribution in [3.05, 3.63) is 57.0 Å². The van der Waals surface area contributed by atoms with Crippen LogP contribution >= 0.6 is 22.9 Å². The Kier molecular flexibility index (Phi) is 4.75. The number of nitrogens with one attached hydrogen (secondary N) is 1. The smallest absolute Gasteiger partial charge is 0.129 e. The lowest BCUT2D eigenvalue weighted by molar-refractivity contribution is 0.551. The lowest BCUT2D eigenvalue weighted by Crippen LogP contribution is -2.23. The second-order valence-electron chi connectivity index (χ2n) is 4.07. The second-order valence-corrected chi connectivity index (χ2v) is 5.48. The highest BCUT2D eigenvalue weighted by Crippen LogP contribution is 2.29. The highest BCUT2D eigenvalue weighted by molar-refractivity contribution is 7.10. The van der Waals surface area contributed by atoms with Crippen molar-refractivity contribution in [2.24, 2.45) is 0 Å². The van der Waals surface area contributed by atoms with Crippen molar-refractivity contribution in [2.45, 2.75) is 19.4 Å². The lowest BCUT2D eigenvalue weighted by atomic mass is 10.0. The van der Waals surface area contributed by atoms with Gasteiger partial charge in [0.05, 0.1) is 6.04 Å². The predicted molar refractivity (Wildman–Crippen MR) is 75.9 cm³/mol. The molecule has 0 spiro atoms. The van der Waals surface area contributed by atoms with Crippen LogP contribution < -0.4 is 5.32 Å². The summed E-state index contributed by atoms with van der Waals surface area (Å²) in [5.41, 5.74) is 0.648. The van der Waals surface area contributed by atoms with E-state index in [1.54, 1.807) is 23.5 Å². The number of halogens is 2. The molecule has 4 heteroatoms. The molecule has 96 valence electrons. The topological polar surface area (TPSA) is 12.0 Å². The Morgan fingerprint density at radius 1 is 1.39 bits per heavy atom. The van der Waals surface area contributed by atoms with Gasteiger partial charge in [-0.25, -0.2) is 4.39 Å². The third kappa shape index (κ3) is 3.10. The first-order valence-corrected chi connectivity index (χ1v) is 7.20. The zero-order valence-corrected chi connectivity index (χ0v) is 11.7. The average Bonchev–Trinajstić information content (AvgIpc) is 2.85. The Labute approximate surface area is 116 Å². The fourth-order valence-corrected chi connectivity index (χ4v) is 2.82. The van der Waals surface area contributed by atoms with Crippen LogP contribution in [0.1, 0.15) is 29.8 Å². The van der Waals surface area contributed by atoms with E-state index in [9.17, 15) is 4.39 Å². The molecule has 1 nitrogen and oxygen atoms in total. The molecule has 0 aliphatic carbocycles. The molecule has 2 rings (SSSR count). The quantitative estimate of drug-likeness (QED) is 0.844. The molecule has 0 radical (unpaired) electrons. The molecule has 0 aliphatic rings. The summed E-state index contributed by atoms with van der Waals surface area (Å²) in [6, 6.07) is 8.76. The van der Waals surface area contributed by atoms with Crippen molar-refractivity contribution in [2.75, 3.05) is 6.54 Å². The van der Waals surface area contributed by atoms with E-state index < -0.39 is 0 Å². The van der Waals surface area contributed by atoms with Crippen LogP contribution in [-0.4, -0.2) is 6.54 Å². The summed E-state index contributed by atoms with van der Waals surface area (Å²) in [6.07, 6.45) is 1.01. The van der Waals surface area contributed by atoms with E-state index in [-0.39, 0.29) is 11.9 Å². The molecule has 1 N–H and O–H groups in total. The third-order valence-corrected chi connectivity index (χ3v) is 3.87. The molecule has 0 aliphatic heterocycles. The molecule has 0 fully saturated rings. The summed E-state index contributed by atoms with van der Waals surface area (Å²) in [7, 11) is 0. The maximum Gasteiger partial charge on any atom is 0.129 e. The molecule has 1 atom stereocenters. The molecule has 0 saturated heterocycles. The van der Waals surface area contributed by atoms with Gasteiger partial charge in [0.1, 0.15) is 5.82 Å². The van der Waals surface area contributed by atoms with Crippen molar-refractivity contribution < 1.29 is 4.39 Å². The number of hydrogen-bond donors (Lipinski definition) is 1. The van der Waals surface area contributed by atoms with Gasteiger partial charge in [-0.3, -0.25) is 0 Å². The fourth-order valence-electron chi connectivity index (χ4n) is 1.84. The lowest BCUT2D eigenvalue weighted by Gasteiger charge is -2.18. The van der Waals surface area contributed by atoms with E-state index >= 15 is 0 Å². The predicted octanol–water partition coefficient (Wildman–Crippen LogP) is 4.63. The summed E-state index contributed by atoms with van der Waals surface area (Å²) in [4.78, 5) is 1.12. The highest BCUT2D eigenvalue weighted by Gasteiger charge is 2.18. The Balaban J connectivity index is 2.33. The van der Waals surface area contributed by atoms with E-state index in [1.165, 1.54) is 6.07 Å². The minimum Gasteiger partial charge on any atom is -0.306 e. The normalized spacial score (nSPS) is 12.6. The molecular formula is C14H15ClFNS. The number of benzene rings is 1. The molecule has 1 unspecified atom stereocenters. The van der Waals surface area contributed by atoms with Gasteiger partial charge < -0.3 is 5.32 Å². The van der Waals surface area contributed by atoms with E-state index in [1.807, 2.05) is 17.5 Å². The van der Waals surface area contributed by atoms with Gasteiger partial charge in [0, 0.05) is 15.5 Å². The minimum atomic E-state index is -0.260. The highest BCUT2D eigenvalue weighted by atomic mass is 35.5. The van der Waals surface area contributed by atoms with Gasteiger partial charge in [-0.2, -0.15) is 0 Å². The Morgan fingerprint density at radius 2 is 2.22 bits per heavy atom. The maximum absolute atomic E-state index is 14.0. The number of hydrogen-bond acceptors (Lipinski definition) is 2. The molecule has 2 aromatic rings. The van der Waals surface area contributed by atoms with Crippen LogP contribution in [0.2, 0.25) is 5.02 Å². The first-order chi connectivity index (χ1) is 8.72. The van der Waals surface area contributed by atoms with Gasteiger partial charge in [0.25, 0.3) is 0 Å². The van der Waals surface area contributed by atoms with Gasteiger partial charge in [-0.1, -0.05) is 30.7 Å². The van der Waals surface area contributed by atoms with Crippen LogP contribution in [0.5, 0.6) is 0 Å². The molecule has 1 aromatic heterocycles. The van der Waals surface area contributed by atoms with Crippen LogP contribution in [0.4, 0.5) is 4.39 Å². The van der Waals surface area contributed by atoms with Crippen molar-refractivity contribution in [1.82, 2.24) is 5.32 Å². The average molecular weight is 284 g/mol. The second kappa shape index (κ2) is 6.32. The van der Waals surface area contributed by atoms with Gasteiger partial charge in [0.2, 0.25) is 0 Å². The zero-order valence-electron chi connectivity index (χ0n) is 10.1. The van der Waals surface area contributed by atoms with E-state index in [0.717, 1.165) is 17.8 Å². The Bertz CT molecular complexity index is 499.